The van der Waals surface area contributed by atoms with E-state index < -0.39 is 10.1 Å². The molecule has 0 spiro atoms. The van der Waals surface area contributed by atoms with Gasteiger partial charge in [-0.2, -0.15) is 8.42 Å². The van der Waals surface area contributed by atoms with Crippen molar-refractivity contribution < 1.29 is 17.3 Å². The molecule has 0 unspecified atom stereocenters. The van der Waals surface area contributed by atoms with Crippen LogP contribution in [0.5, 0.6) is 5.75 Å². The third-order valence-corrected chi connectivity index (χ3v) is 4.54. The largest absolute Gasteiger partial charge is 0.481 e. The molecule has 0 aliphatic carbocycles. The molecule has 4 nitrogen and oxygen atoms in total. The SMILES string of the molecule is CC(C)OS(=O)(=O)c1cccc2c1SCO2. The molecule has 16 heavy (non-hydrogen) atoms. The van der Waals surface area contributed by atoms with Gasteiger partial charge >= 0.3 is 0 Å². The van der Waals surface area contributed by atoms with Gasteiger partial charge in [-0.25, -0.2) is 0 Å². The summed E-state index contributed by atoms with van der Waals surface area (Å²) in [5.74, 6) is 1.06. The van der Waals surface area contributed by atoms with Crippen LogP contribution in [0.25, 0.3) is 0 Å². The highest BCUT2D eigenvalue weighted by Gasteiger charge is 2.26. The Labute approximate surface area is 99.1 Å². The van der Waals surface area contributed by atoms with Gasteiger partial charge in [0.25, 0.3) is 10.1 Å². The molecule has 0 radical (unpaired) electrons. The third kappa shape index (κ3) is 2.18. The van der Waals surface area contributed by atoms with Crippen LogP contribution in [-0.4, -0.2) is 20.5 Å². The van der Waals surface area contributed by atoms with Crippen molar-refractivity contribution in [2.45, 2.75) is 29.7 Å². The van der Waals surface area contributed by atoms with Gasteiger partial charge in [0, 0.05) is 0 Å². The molecular weight excluding hydrogens is 248 g/mol. The predicted molar refractivity (Wildman–Crippen MR) is 61.2 cm³/mol. The third-order valence-electron chi connectivity index (χ3n) is 1.95. The lowest BCUT2D eigenvalue weighted by Crippen LogP contribution is -2.13. The normalized spacial score (nSPS) is 14.9. The van der Waals surface area contributed by atoms with Crippen molar-refractivity contribution in [3.05, 3.63) is 18.2 Å². The van der Waals surface area contributed by atoms with Crippen molar-refractivity contribution in [1.29, 1.82) is 0 Å². The molecule has 0 saturated heterocycles. The number of thioether (sulfide) groups is 1. The Morgan fingerprint density at radius 3 is 2.88 bits per heavy atom. The molecule has 0 atom stereocenters. The van der Waals surface area contributed by atoms with E-state index >= 15 is 0 Å². The van der Waals surface area contributed by atoms with E-state index in [0.29, 0.717) is 16.6 Å². The summed E-state index contributed by atoms with van der Waals surface area (Å²) in [6.45, 7) is 3.37. The average Bonchev–Trinajstić information content (AvgIpc) is 2.62. The molecule has 0 saturated carbocycles. The maximum Gasteiger partial charge on any atom is 0.298 e. The van der Waals surface area contributed by atoms with Crippen molar-refractivity contribution in [3.63, 3.8) is 0 Å². The zero-order chi connectivity index (χ0) is 11.8. The summed E-state index contributed by atoms with van der Waals surface area (Å²) in [6, 6.07) is 4.95. The van der Waals surface area contributed by atoms with Crippen LogP contribution in [0.2, 0.25) is 0 Å². The minimum absolute atomic E-state index is 0.196. The monoisotopic (exact) mass is 260 g/mol. The second kappa shape index (κ2) is 4.27. The van der Waals surface area contributed by atoms with Crippen LogP contribution in [0, 0.1) is 0 Å². The Morgan fingerprint density at radius 1 is 1.44 bits per heavy atom. The second-order valence-corrected chi connectivity index (χ2v) is 6.06. The standard InChI is InChI=1S/C10H12O4S2/c1-7(2)14-16(11,12)9-5-3-4-8-10(9)15-6-13-8/h3-5,7H,6H2,1-2H3. The second-order valence-electron chi connectivity index (χ2n) is 3.59. The van der Waals surface area contributed by atoms with E-state index in [0.717, 1.165) is 0 Å². The van der Waals surface area contributed by atoms with E-state index in [1.807, 2.05) is 0 Å². The van der Waals surface area contributed by atoms with Crippen LogP contribution in [0.3, 0.4) is 0 Å². The summed E-state index contributed by atoms with van der Waals surface area (Å²) in [7, 11) is -3.69. The summed E-state index contributed by atoms with van der Waals surface area (Å²) >= 11 is 1.37. The Kier molecular flexibility index (Phi) is 3.14. The molecule has 1 aromatic rings. The quantitative estimate of drug-likeness (QED) is 0.780. The summed E-state index contributed by atoms with van der Waals surface area (Å²) in [4.78, 5) is 0.837. The Morgan fingerprint density at radius 2 is 2.19 bits per heavy atom. The van der Waals surface area contributed by atoms with Crippen LogP contribution in [0.15, 0.2) is 28.0 Å². The number of fused-ring (bicyclic) bond motifs is 1. The Balaban J connectivity index is 2.45. The molecule has 88 valence electrons. The van der Waals surface area contributed by atoms with Crippen LogP contribution in [-0.2, 0) is 14.3 Å². The van der Waals surface area contributed by atoms with E-state index in [1.54, 1.807) is 26.0 Å². The maximum atomic E-state index is 11.9. The first-order valence-corrected chi connectivity index (χ1v) is 7.22. The first kappa shape index (κ1) is 11.8. The van der Waals surface area contributed by atoms with Crippen molar-refractivity contribution in [3.8, 4) is 5.75 Å². The van der Waals surface area contributed by atoms with Gasteiger partial charge in [-0.3, -0.25) is 4.18 Å². The fourth-order valence-corrected chi connectivity index (χ4v) is 3.86. The molecule has 2 rings (SSSR count). The fraction of sp³-hybridized carbons (Fsp3) is 0.400. The molecule has 1 aliphatic rings. The smallest absolute Gasteiger partial charge is 0.298 e. The van der Waals surface area contributed by atoms with E-state index in [2.05, 4.69) is 0 Å². The highest BCUT2D eigenvalue weighted by Crippen LogP contribution is 2.41. The van der Waals surface area contributed by atoms with Gasteiger partial charge in [-0.1, -0.05) is 17.8 Å². The van der Waals surface area contributed by atoms with Crippen LogP contribution in [0.4, 0.5) is 0 Å². The minimum Gasteiger partial charge on any atom is -0.481 e. The van der Waals surface area contributed by atoms with Crippen LogP contribution >= 0.6 is 11.8 Å². The summed E-state index contributed by atoms with van der Waals surface area (Å²) in [5, 5.41) is 0. The highest BCUT2D eigenvalue weighted by molar-refractivity contribution is 8.00. The summed E-state index contributed by atoms with van der Waals surface area (Å²) < 4.78 is 34.1. The molecular formula is C10H12O4S2. The first-order valence-electron chi connectivity index (χ1n) is 4.82. The number of rotatable bonds is 3. The average molecular weight is 260 g/mol. The van der Waals surface area contributed by atoms with E-state index in [1.165, 1.54) is 17.8 Å². The van der Waals surface area contributed by atoms with Gasteiger partial charge < -0.3 is 4.74 Å². The van der Waals surface area contributed by atoms with Gasteiger partial charge in [0.15, 0.2) is 0 Å². The highest BCUT2D eigenvalue weighted by atomic mass is 32.2. The molecule has 1 aromatic carbocycles. The van der Waals surface area contributed by atoms with Crippen molar-refractivity contribution >= 4 is 21.9 Å². The lowest BCUT2D eigenvalue weighted by molar-refractivity contribution is 0.248. The molecule has 0 bridgehead atoms. The number of benzene rings is 1. The fourth-order valence-electron chi connectivity index (χ4n) is 1.41. The maximum absolute atomic E-state index is 11.9. The molecule has 6 heteroatoms. The molecule has 0 aromatic heterocycles. The molecule has 1 heterocycles. The van der Waals surface area contributed by atoms with Crippen LogP contribution < -0.4 is 4.74 Å². The topological polar surface area (TPSA) is 52.6 Å². The lowest BCUT2D eigenvalue weighted by atomic mass is 10.3. The minimum atomic E-state index is -3.69. The molecule has 1 aliphatic heterocycles. The Hall–Kier alpha value is -0.720. The van der Waals surface area contributed by atoms with Gasteiger partial charge in [-0.15, -0.1) is 0 Å². The van der Waals surface area contributed by atoms with Gasteiger partial charge in [0.1, 0.15) is 16.6 Å². The van der Waals surface area contributed by atoms with Gasteiger partial charge in [-0.05, 0) is 26.0 Å². The number of hydrogen-bond acceptors (Lipinski definition) is 5. The summed E-state index contributed by atoms with van der Waals surface area (Å²) in [6.07, 6.45) is -0.367. The van der Waals surface area contributed by atoms with Crippen LogP contribution in [0.1, 0.15) is 13.8 Å². The number of hydrogen-bond donors (Lipinski definition) is 0. The molecule has 0 fully saturated rings. The zero-order valence-corrected chi connectivity index (χ0v) is 10.6. The van der Waals surface area contributed by atoms with Crippen molar-refractivity contribution in [1.82, 2.24) is 0 Å². The van der Waals surface area contributed by atoms with Gasteiger partial charge in [0.05, 0.1) is 11.0 Å². The Bertz CT molecular complexity index is 494. The van der Waals surface area contributed by atoms with E-state index in [9.17, 15) is 8.42 Å². The molecule has 0 amide bonds. The van der Waals surface area contributed by atoms with Crippen molar-refractivity contribution in [2.24, 2.45) is 0 Å². The van der Waals surface area contributed by atoms with Crippen molar-refractivity contribution in [2.75, 3.05) is 5.94 Å². The number of ether oxygens (including phenoxy) is 1. The predicted octanol–water partition coefficient (Wildman–Crippen LogP) is 2.24. The van der Waals surface area contributed by atoms with E-state index in [4.69, 9.17) is 8.92 Å². The lowest BCUT2D eigenvalue weighted by Gasteiger charge is -2.10. The van der Waals surface area contributed by atoms with E-state index in [-0.39, 0.29) is 11.0 Å². The molecule has 0 N–H and O–H groups in total. The van der Waals surface area contributed by atoms with Gasteiger partial charge in [0.2, 0.25) is 0 Å². The summed E-state index contributed by atoms with van der Waals surface area (Å²) in [5.41, 5.74) is 0. The first-order chi connectivity index (χ1) is 7.50. The zero-order valence-electron chi connectivity index (χ0n) is 8.97.